The molecule has 5 heteroatoms. The number of amides is 1. The third-order valence-electron chi connectivity index (χ3n) is 3.17. The summed E-state index contributed by atoms with van der Waals surface area (Å²) in [5.74, 6) is -0.0676. The summed E-state index contributed by atoms with van der Waals surface area (Å²) in [6, 6.07) is 5.63. The van der Waals surface area contributed by atoms with Crippen LogP contribution in [0.2, 0.25) is 0 Å². The zero-order valence-corrected chi connectivity index (χ0v) is 11.7. The average molecular weight is 313 g/mol. The minimum absolute atomic E-state index is 0.0618. The summed E-state index contributed by atoms with van der Waals surface area (Å²) in [6.45, 7) is 0.288. The van der Waals surface area contributed by atoms with Gasteiger partial charge in [-0.15, -0.1) is 0 Å². The molecule has 0 aromatic heterocycles. The fourth-order valence-corrected chi connectivity index (χ4v) is 2.54. The number of phenols is 1. The SMILES string of the molecule is O=C(CNC1CCCC1)Nc1cccc(Br)c1O. The van der Waals surface area contributed by atoms with E-state index in [0.29, 0.717) is 16.2 Å². The molecule has 1 aromatic rings. The first-order valence-corrected chi connectivity index (χ1v) is 6.97. The van der Waals surface area contributed by atoms with Crippen LogP contribution in [-0.2, 0) is 4.79 Å². The maximum atomic E-state index is 11.7. The summed E-state index contributed by atoms with van der Waals surface area (Å²) < 4.78 is 0.573. The van der Waals surface area contributed by atoms with Crippen molar-refractivity contribution in [2.45, 2.75) is 31.7 Å². The molecule has 1 aliphatic carbocycles. The second-order valence-corrected chi connectivity index (χ2v) is 5.40. The Balaban J connectivity index is 1.84. The van der Waals surface area contributed by atoms with Crippen LogP contribution in [0.4, 0.5) is 5.69 Å². The number of rotatable bonds is 4. The zero-order chi connectivity index (χ0) is 13.0. The number of para-hydroxylation sites is 1. The lowest BCUT2D eigenvalue weighted by Crippen LogP contribution is -2.34. The number of halogens is 1. The summed E-state index contributed by atoms with van der Waals surface area (Å²) in [5, 5.41) is 15.7. The predicted octanol–water partition coefficient (Wildman–Crippen LogP) is 2.63. The van der Waals surface area contributed by atoms with E-state index in [1.807, 2.05) is 0 Å². The maximum Gasteiger partial charge on any atom is 0.238 e. The van der Waals surface area contributed by atoms with Crippen LogP contribution in [0.1, 0.15) is 25.7 Å². The third kappa shape index (κ3) is 3.46. The lowest BCUT2D eigenvalue weighted by atomic mass is 10.2. The Morgan fingerprint density at radius 1 is 1.39 bits per heavy atom. The summed E-state index contributed by atoms with van der Waals surface area (Å²) in [7, 11) is 0. The normalized spacial score (nSPS) is 15.8. The Morgan fingerprint density at radius 2 is 2.11 bits per heavy atom. The topological polar surface area (TPSA) is 61.4 Å². The lowest BCUT2D eigenvalue weighted by Gasteiger charge is -2.12. The molecule has 1 amide bonds. The van der Waals surface area contributed by atoms with Crippen molar-refractivity contribution in [1.29, 1.82) is 0 Å². The monoisotopic (exact) mass is 312 g/mol. The second-order valence-electron chi connectivity index (χ2n) is 4.55. The molecular formula is C13H17BrN2O2. The van der Waals surface area contributed by atoms with Crippen LogP contribution in [0.5, 0.6) is 5.75 Å². The van der Waals surface area contributed by atoms with E-state index in [9.17, 15) is 9.90 Å². The molecule has 0 bridgehead atoms. The van der Waals surface area contributed by atoms with Gasteiger partial charge in [-0.25, -0.2) is 0 Å². The number of hydrogen-bond donors (Lipinski definition) is 3. The number of aromatic hydroxyl groups is 1. The van der Waals surface area contributed by atoms with Gasteiger partial charge in [0.25, 0.3) is 0 Å². The summed E-state index contributed by atoms with van der Waals surface area (Å²) in [6.07, 6.45) is 4.78. The van der Waals surface area contributed by atoms with Crippen LogP contribution in [0.15, 0.2) is 22.7 Å². The van der Waals surface area contributed by atoms with Crippen LogP contribution >= 0.6 is 15.9 Å². The number of carbonyl (C=O) groups is 1. The van der Waals surface area contributed by atoms with E-state index in [1.54, 1.807) is 18.2 Å². The Kier molecular flexibility index (Phi) is 4.60. The number of phenolic OH excluding ortho intramolecular Hbond substituents is 1. The lowest BCUT2D eigenvalue weighted by molar-refractivity contribution is -0.115. The smallest absolute Gasteiger partial charge is 0.238 e. The number of anilines is 1. The predicted molar refractivity (Wildman–Crippen MR) is 74.7 cm³/mol. The molecule has 1 aromatic carbocycles. The Morgan fingerprint density at radius 3 is 2.83 bits per heavy atom. The molecule has 18 heavy (non-hydrogen) atoms. The van der Waals surface area contributed by atoms with Crippen LogP contribution in [0, 0.1) is 0 Å². The van der Waals surface area contributed by atoms with Crippen molar-refractivity contribution >= 4 is 27.5 Å². The van der Waals surface area contributed by atoms with Gasteiger partial charge in [0.2, 0.25) is 5.91 Å². The Hall–Kier alpha value is -1.07. The first kappa shape index (κ1) is 13.4. The van der Waals surface area contributed by atoms with Gasteiger partial charge >= 0.3 is 0 Å². The molecule has 1 fully saturated rings. The van der Waals surface area contributed by atoms with E-state index in [4.69, 9.17) is 0 Å². The van der Waals surface area contributed by atoms with Gasteiger partial charge in [-0.05, 0) is 40.9 Å². The quantitative estimate of drug-likeness (QED) is 0.749. The van der Waals surface area contributed by atoms with Crippen molar-refractivity contribution in [3.8, 4) is 5.75 Å². The van der Waals surface area contributed by atoms with E-state index >= 15 is 0 Å². The first-order chi connectivity index (χ1) is 8.66. The summed E-state index contributed by atoms with van der Waals surface area (Å²) in [4.78, 5) is 11.7. The highest BCUT2D eigenvalue weighted by molar-refractivity contribution is 9.10. The Bertz CT molecular complexity index is 431. The van der Waals surface area contributed by atoms with Crippen molar-refractivity contribution in [3.63, 3.8) is 0 Å². The molecule has 0 aliphatic heterocycles. The largest absolute Gasteiger partial charge is 0.505 e. The number of benzene rings is 1. The van der Waals surface area contributed by atoms with E-state index < -0.39 is 0 Å². The minimum atomic E-state index is -0.129. The second kappa shape index (κ2) is 6.20. The molecule has 0 spiro atoms. The summed E-state index contributed by atoms with van der Waals surface area (Å²) in [5.41, 5.74) is 0.433. The highest BCUT2D eigenvalue weighted by atomic mass is 79.9. The molecular weight excluding hydrogens is 296 g/mol. The van der Waals surface area contributed by atoms with Gasteiger partial charge in [0.15, 0.2) is 5.75 Å². The average Bonchev–Trinajstić information content (AvgIpc) is 2.86. The fraction of sp³-hybridized carbons (Fsp3) is 0.462. The van der Waals surface area contributed by atoms with Gasteiger partial charge in [-0.1, -0.05) is 18.9 Å². The van der Waals surface area contributed by atoms with Crippen molar-refractivity contribution in [1.82, 2.24) is 5.32 Å². The van der Waals surface area contributed by atoms with Gasteiger partial charge in [-0.2, -0.15) is 0 Å². The molecule has 98 valence electrons. The molecule has 0 unspecified atom stereocenters. The van der Waals surface area contributed by atoms with Crippen LogP contribution < -0.4 is 10.6 Å². The zero-order valence-electron chi connectivity index (χ0n) is 10.1. The van der Waals surface area contributed by atoms with Crippen molar-refractivity contribution in [2.24, 2.45) is 0 Å². The van der Waals surface area contributed by atoms with Gasteiger partial charge in [0.05, 0.1) is 16.7 Å². The van der Waals surface area contributed by atoms with Crippen molar-refractivity contribution < 1.29 is 9.90 Å². The van der Waals surface area contributed by atoms with Gasteiger partial charge in [-0.3, -0.25) is 4.79 Å². The minimum Gasteiger partial charge on any atom is -0.505 e. The molecule has 0 radical (unpaired) electrons. The number of hydrogen-bond acceptors (Lipinski definition) is 3. The molecule has 1 saturated carbocycles. The Labute approximate surface area is 115 Å². The number of carbonyl (C=O) groups excluding carboxylic acids is 1. The van der Waals surface area contributed by atoms with Crippen molar-refractivity contribution in [3.05, 3.63) is 22.7 Å². The van der Waals surface area contributed by atoms with Gasteiger partial charge in [0, 0.05) is 6.04 Å². The number of nitrogens with one attached hydrogen (secondary N) is 2. The molecule has 3 N–H and O–H groups in total. The van der Waals surface area contributed by atoms with E-state index in [2.05, 4.69) is 26.6 Å². The van der Waals surface area contributed by atoms with Crippen LogP contribution in [-0.4, -0.2) is 23.6 Å². The third-order valence-corrected chi connectivity index (χ3v) is 3.81. The van der Waals surface area contributed by atoms with E-state index in [-0.39, 0.29) is 18.2 Å². The highest BCUT2D eigenvalue weighted by Crippen LogP contribution is 2.31. The van der Waals surface area contributed by atoms with Crippen LogP contribution in [0.3, 0.4) is 0 Å². The van der Waals surface area contributed by atoms with Crippen molar-refractivity contribution in [2.75, 3.05) is 11.9 Å². The standard InChI is InChI=1S/C13H17BrN2O2/c14-10-6-3-7-11(13(10)18)16-12(17)8-15-9-4-1-2-5-9/h3,6-7,9,15,18H,1-2,4-5,8H2,(H,16,17). The molecule has 1 aliphatic rings. The highest BCUT2D eigenvalue weighted by Gasteiger charge is 2.15. The maximum absolute atomic E-state index is 11.7. The molecule has 2 rings (SSSR count). The van der Waals surface area contributed by atoms with E-state index in [0.717, 1.165) is 12.8 Å². The van der Waals surface area contributed by atoms with Gasteiger partial charge < -0.3 is 15.7 Å². The molecule has 0 atom stereocenters. The summed E-state index contributed by atoms with van der Waals surface area (Å²) >= 11 is 3.21. The molecule has 0 heterocycles. The fourth-order valence-electron chi connectivity index (χ4n) is 2.18. The molecule has 0 saturated heterocycles. The first-order valence-electron chi connectivity index (χ1n) is 6.17. The molecule has 4 nitrogen and oxygen atoms in total. The van der Waals surface area contributed by atoms with Gasteiger partial charge in [0.1, 0.15) is 0 Å². The van der Waals surface area contributed by atoms with E-state index in [1.165, 1.54) is 12.8 Å². The van der Waals surface area contributed by atoms with Crippen LogP contribution in [0.25, 0.3) is 0 Å².